The molecule has 0 aromatic heterocycles. The van der Waals surface area contributed by atoms with Crippen molar-refractivity contribution in [2.75, 3.05) is 4.90 Å². The Morgan fingerprint density at radius 2 is 1.46 bits per heavy atom. The molecule has 6 aliphatic rings. The zero-order chi connectivity index (χ0) is 18.5. The van der Waals surface area contributed by atoms with Gasteiger partial charge in [-0.25, -0.2) is 0 Å². The maximum atomic E-state index is 14.1. The molecule has 5 aliphatic carbocycles. The summed E-state index contributed by atoms with van der Waals surface area (Å²) in [4.78, 5) is 16.2. The quantitative estimate of drug-likeness (QED) is 0.702. The third-order valence-electron chi connectivity index (χ3n) is 9.27. The minimum absolute atomic E-state index is 0.207. The smallest absolute Gasteiger partial charge is 0.238 e. The van der Waals surface area contributed by atoms with Gasteiger partial charge in [-0.3, -0.25) is 4.79 Å². The van der Waals surface area contributed by atoms with Gasteiger partial charge in [0.15, 0.2) is 0 Å². The van der Waals surface area contributed by atoms with Crippen LogP contribution in [0.5, 0.6) is 0 Å². The maximum absolute atomic E-state index is 14.1. The van der Waals surface area contributed by atoms with Gasteiger partial charge in [0.2, 0.25) is 5.91 Å². The minimum atomic E-state index is -0.207. The van der Waals surface area contributed by atoms with Gasteiger partial charge < -0.3 is 4.90 Å². The number of fused-ring (bicyclic) bond motifs is 2. The molecule has 2 nitrogen and oxygen atoms in total. The first-order chi connectivity index (χ1) is 13.7. The molecule has 1 heterocycles. The number of hydrogen-bond donors (Lipinski definition) is 0. The Balaban J connectivity index is 1.34. The van der Waals surface area contributed by atoms with E-state index in [0.29, 0.717) is 12.5 Å². The molecule has 2 spiro atoms. The van der Waals surface area contributed by atoms with Crippen LogP contribution in [-0.2, 0) is 16.8 Å². The first-order valence-corrected chi connectivity index (χ1v) is 11.2. The van der Waals surface area contributed by atoms with Crippen LogP contribution in [-0.4, -0.2) is 5.91 Å². The fraction of sp³-hybridized carbons (Fsp3) is 0.500. The summed E-state index contributed by atoms with van der Waals surface area (Å²) in [5.74, 6) is 3.90. The van der Waals surface area contributed by atoms with Crippen molar-refractivity contribution in [1.82, 2.24) is 0 Å². The summed E-state index contributed by atoms with van der Waals surface area (Å²) in [6, 6.07) is 19.2. The summed E-state index contributed by atoms with van der Waals surface area (Å²) < 4.78 is 0. The van der Waals surface area contributed by atoms with Crippen LogP contribution in [0.2, 0.25) is 0 Å². The van der Waals surface area contributed by atoms with Gasteiger partial charge in [-0.1, -0.05) is 48.5 Å². The summed E-state index contributed by atoms with van der Waals surface area (Å²) in [5.41, 5.74) is 3.83. The van der Waals surface area contributed by atoms with Crippen molar-refractivity contribution in [1.29, 1.82) is 0 Å². The van der Waals surface area contributed by atoms with Crippen molar-refractivity contribution in [2.24, 2.45) is 29.1 Å². The molecule has 2 aromatic rings. The molecule has 4 bridgehead atoms. The molecule has 28 heavy (non-hydrogen) atoms. The molecule has 2 aromatic carbocycles. The fourth-order valence-electron chi connectivity index (χ4n) is 8.47. The van der Waals surface area contributed by atoms with E-state index in [4.69, 9.17) is 0 Å². The van der Waals surface area contributed by atoms with E-state index in [0.717, 1.165) is 30.1 Å². The highest BCUT2D eigenvalue weighted by Gasteiger charge is 2.82. The summed E-state index contributed by atoms with van der Waals surface area (Å²) in [6.45, 7) is 0.703. The van der Waals surface area contributed by atoms with E-state index in [9.17, 15) is 4.79 Å². The number of carbonyl (C=O) groups is 1. The van der Waals surface area contributed by atoms with Crippen molar-refractivity contribution in [2.45, 2.75) is 50.5 Å². The Hall–Kier alpha value is -2.09. The number of amides is 1. The number of nitrogens with zero attached hydrogens (tertiary/aromatic N) is 1. The molecule has 5 saturated carbocycles. The molecular formula is C26H27NO. The van der Waals surface area contributed by atoms with Crippen molar-refractivity contribution in [3.8, 4) is 0 Å². The summed E-state index contributed by atoms with van der Waals surface area (Å²) >= 11 is 0. The van der Waals surface area contributed by atoms with E-state index in [1.807, 2.05) is 0 Å². The second kappa shape index (κ2) is 5.09. The molecule has 1 aliphatic heterocycles. The molecule has 1 atom stereocenters. The Morgan fingerprint density at radius 3 is 2.18 bits per heavy atom. The first-order valence-electron chi connectivity index (χ1n) is 11.2. The molecular weight excluding hydrogens is 342 g/mol. The number of carbonyl (C=O) groups excluding carboxylic acids is 1. The van der Waals surface area contributed by atoms with Gasteiger partial charge in [-0.15, -0.1) is 0 Å². The summed E-state index contributed by atoms with van der Waals surface area (Å²) in [6.07, 6.45) is 8.16. The number of hydrogen-bond acceptors (Lipinski definition) is 1. The standard InChI is InChI=1S/C26H27NO/c28-24-26(16-25(26)20-11-18-10-19(13-20)14-21(25)12-18)22-8-4-5-9-23(22)27(24)15-17-6-2-1-3-7-17/h1-9,18-21H,10-16H2/t18?,19?,20?,21?,25?,26-/m1/s1. The van der Waals surface area contributed by atoms with Gasteiger partial charge in [-0.2, -0.15) is 0 Å². The first kappa shape index (κ1) is 15.8. The molecule has 0 N–H and O–H groups in total. The Labute approximate surface area is 166 Å². The molecule has 2 heteroatoms. The summed E-state index contributed by atoms with van der Waals surface area (Å²) in [5, 5.41) is 0. The van der Waals surface area contributed by atoms with E-state index in [1.54, 1.807) is 0 Å². The number of benzene rings is 2. The lowest BCUT2D eigenvalue weighted by Gasteiger charge is -2.56. The van der Waals surface area contributed by atoms with Crippen molar-refractivity contribution in [3.05, 3.63) is 65.7 Å². The van der Waals surface area contributed by atoms with Crippen LogP contribution in [0.4, 0.5) is 5.69 Å². The van der Waals surface area contributed by atoms with Crippen LogP contribution in [0.15, 0.2) is 54.6 Å². The topological polar surface area (TPSA) is 20.3 Å². The van der Waals surface area contributed by atoms with Crippen molar-refractivity contribution in [3.63, 3.8) is 0 Å². The largest absolute Gasteiger partial charge is 0.307 e. The zero-order valence-electron chi connectivity index (χ0n) is 16.3. The van der Waals surface area contributed by atoms with Crippen LogP contribution in [0.3, 0.4) is 0 Å². The predicted molar refractivity (Wildman–Crippen MR) is 110 cm³/mol. The lowest BCUT2D eigenvalue weighted by atomic mass is 9.48. The van der Waals surface area contributed by atoms with Crippen LogP contribution in [0.25, 0.3) is 0 Å². The SMILES string of the molecule is O=C1N(Cc2ccccc2)c2ccccc2[C@]12CC21C2CC3CC(C2)CC1C3. The number of anilines is 1. The fourth-order valence-corrected chi connectivity index (χ4v) is 8.47. The van der Waals surface area contributed by atoms with Crippen molar-refractivity contribution >= 4 is 11.6 Å². The Bertz CT molecular complexity index is 951. The molecule has 8 rings (SSSR count). The highest BCUT2D eigenvalue weighted by molar-refractivity contribution is 6.11. The van der Waals surface area contributed by atoms with Gasteiger partial charge in [-0.05, 0) is 84.8 Å². The third kappa shape index (κ3) is 1.70. The average Bonchev–Trinajstić information content (AvgIpc) is 3.36. The van der Waals surface area contributed by atoms with Crippen LogP contribution < -0.4 is 4.90 Å². The second-order valence-electron chi connectivity index (χ2n) is 10.3. The highest BCUT2D eigenvalue weighted by atomic mass is 16.2. The van der Waals surface area contributed by atoms with Gasteiger partial charge >= 0.3 is 0 Å². The minimum Gasteiger partial charge on any atom is -0.307 e. The third-order valence-corrected chi connectivity index (χ3v) is 9.27. The van der Waals surface area contributed by atoms with Gasteiger partial charge in [0.05, 0.1) is 12.0 Å². The van der Waals surface area contributed by atoms with Crippen LogP contribution in [0, 0.1) is 29.1 Å². The molecule has 0 unspecified atom stereocenters. The highest BCUT2D eigenvalue weighted by Crippen LogP contribution is 2.82. The van der Waals surface area contributed by atoms with Gasteiger partial charge in [0, 0.05) is 5.69 Å². The van der Waals surface area contributed by atoms with E-state index < -0.39 is 0 Å². The number of rotatable bonds is 2. The van der Waals surface area contributed by atoms with Gasteiger partial charge in [0.25, 0.3) is 0 Å². The van der Waals surface area contributed by atoms with E-state index >= 15 is 0 Å². The van der Waals surface area contributed by atoms with E-state index in [2.05, 4.69) is 59.5 Å². The average molecular weight is 370 g/mol. The van der Waals surface area contributed by atoms with Crippen molar-refractivity contribution < 1.29 is 4.79 Å². The predicted octanol–water partition coefficient (Wildman–Crippen LogP) is 5.32. The molecule has 1 amide bonds. The lowest BCUT2D eigenvalue weighted by Crippen LogP contribution is -2.51. The lowest BCUT2D eigenvalue weighted by molar-refractivity contribution is -0.125. The summed E-state index contributed by atoms with van der Waals surface area (Å²) in [7, 11) is 0. The van der Waals surface area contributed by atoms with Crippen LogP contribution in [0.1, 0.15) is 49.7 Å². The van der Waals surface area contributed by atoms with Gasteiger partial charge in [0.1, 0.15) is 0 Å². The monoisotopic (exact) mass is 369 g/mol. The number of para-hydroxylation sites is 1. The zero-order valence-corrected chi connectivity index (χ0v) is 16.3. The van der Waals surface area contributed by atoms with Crippen LogP contribution >= 0.6 is 0 Å². The molecule has 0 saturated heterocycles. The molecule has 0 radical (unpaired) electrons. The molecule has 5 fully saturated rings. The second-order valence-corrected chi connectivity index (χ2v) is 10.3. The maximum Gasteiger partial charge on any atom is 0.238 e. The normalized spacial score (nSPS) is 41.9. The Morgan fingerprint density at radius 1 is 0.821 bits per heavy atom. The van der Waals surface area contributed by atoms with E-state index in [1.165, 1.54) is 48.9 Å². The molecule has 142 valence electrons. The Kier molecular flexibility index (Phi) is 2.87. The van der Waals surface area contributed by atoms with E-state index in [-0.39, 0.29) is 10.8 Å².